The number of likely N-dealkylation sites (tertiary alicyclic amines) is 1. The quantitative estimate of drug-likeness (QED) is 0.829. The summed E-state index contributed by atoms with van der Waals surface area (Å²) in [5, 5.41) is 0. The Balaban J connectivity index is 1.58. The number of benzene rings is 1. The summed E-state index contributed by atoms with van der Waals surface area (Å²) in [6.45, 7) is 5.86. The van der Waals surface area contributed by atoms with Gasteiger partial charge < -0.3 is 9.47 Å². The molecule has 6 nitrogen and oxygen atoms in total. The van der Waals surface area contributed by atoms with Gasteiger partial charge in [-0.25, -0.2) is 9.69 Å². The highest BCUT2D eigenvalue weighted by molar-refractivity contribution is 5.95. The molecule has 3 heterocycles. The molecule has 2 amide bonds. The van der Waals surface area contributed by atoms with Gasteiger partial charge in [0.05, 0.1) is 12.5 Å². The van der Waals surface area contributed by atoms with E-state index >= 15 is 0 Å². The summed E-state index contributed by atoms with van der Waals surface area (Å²) >= 11 is 0. The lowest BCUT2D eigenvalue weighted by molar-refractivity contribution is -0.132. The van der Waals surface area contributed by atoms with Crippen LogP contribution in [0.4, 0.5) is 4.79 Å². The Morgan fingerprint density at radius 1 is 1.08 bits per heavy atom. The van der Waals surface area contributed by atoms with E-state index in [9.17, 15) is 9.59 Å². The van der Waals surface area contributed by atoms with Gasteiger partial charge in [0.25, 0.3) is 0 Å². The van der Waals surface area contributed by atoms with E-state index in [2.05, 4.69) is 36.1 Å². The minimum Gasteiger partial charge on any atom is -0.447 e. The average molecular weight is 358 g/mol. The fraction of sp³-hybridized carbons (Fsp3) is 0.600. The van der Waals surface area contributed by atoms with E-state index in [-0.39, 0.29) is 17.7 Å². The number of nitrogens with zero attached hydrogens (tertiary/aromatic N) is 2. The molecule has 26 heavy (non-hydrogen) atoms. The second kappa shape index (κ2) is 7.37. The number of cyclic esters (lactones) is 1. The van der Waals surface area contributed by atoms with Crippen molar-refractivity contribution in [3.8, 4) is 0 Å². The van der Waals surface area contributed by atoms with E-state index in [0.29, 0.717) is 25.7 Å². The molecule has 3 fully saturated rings. The van der Waals surface area contributed by atoms with Crippen molar-refractivity contribution in [3.05, 3.63) is 35.4 Å². The Morgan fingerprint density at radius 2 is 1.81 bits per heavy atom. The van der Waals surface area contributed by atoms with Crippen LogP contribution in [-0.2, 0) is 14.3 Å². The first-order valence-electron chi connectivity index (χ1n) is 9.50. The molecule has 3 aliphatic rings. The van der Waals surface area contributed by atoms with Crippen LogP contribution < -0.4 is 0 Å². The number of hydrogen-bond acceptors (Lipinski definition) is 5. The van der Waals surface area contributed by atoms with E-state index in [1.54, 1.807) is 0 Å². The molecule has 0 aromatic heterocycles. The summed E-state index contributed by atoms with van der Waals surface area (Å²) in [6.07, 6.45) is 1.52. The first kappa shape index (κ1) is 17.5. The van der Waals surface area contributed by atoms with Crippen molar-refractivity contribution in [2.75, 3.05) is 39.5 Å². The minimum absolute atomic E-state index is 0.0902. The molecule has 0 bridgehead atoms. The second-order valence-electron chi connectivity index (χ2n) is 7.53. The van der Waals surface area contributed by atoms with Crippen LogP contribution in [0, 0.1) is 12.8 Å². The van der Waals surface area contributed by atoms with Gasteiger partial charge in [-0.1, -0.05) is 29.8 Å². The lowest BCUT2D eigenvalue weighted by Crippen LogP contribution is -2.41. The summed E-state index contributed by atoms with van der Waals surface area (Å²) in [7, 11) is 0. The van der Waals surface area contributed by atoms with Crippen molar-refractivity contribution in [1.82, 2.24) is 9.80 Å². The number of carbonyl (C=O) groups excluding carboxylic acids is 2. The van der Waals surface area contributed by atoms with E-state index < -0.39 is 6.09 Å². The van der Waals surface area contributed by atoms with Gasteiger partial charge in [0, 0.05) is 38.3 Å². The SMILES string of the molecule is Cc1ccc(C2CN(C3CCOCC3)CC2C(=O)N2CCOC2=O)cc1. The van der Waals surface area contributed by atoms with Crippen molar-refractivity contribution in [1.29, 1.82) is 0 Å². The third kappa shape index (κ3) is 3.35. The monoisotopic (exact) mass is 358 g/mol. The predicted molar refractivity (Wildman–Crippen MR) is 95.9 cm³/mol. The van der Waals surface area contributed by atoms with Crippen molar-refractivity contribution < 1.29 is 19.1 Å². The lowest BCUT2D eigenvalue weighted by atomic mass is 9.87. The van der Waals surface area contributed by atoms with E-state index in [1.807, 2.05) is 0 Å². The fourth-order valence-corrected chi connectivity index (χ4v) is 4.38. The van der Waals surface area contributed by atoms with Crippen molar-refractivity contribution >= 4 is 12.0 Å². The largest absolute Gasteiger partial charge is 0.447 e. The highest BCUT2D eigenvalue weighted by Crippen LogP contribution is 2.37. The number of carbonyl (C=O) groups is 2. The summed E-state index contributed by atoms with van der Waals surface area (Å²) < 4.78 is 10.5. The van der Waals surface area contributed by atoms with E-state index in [1.165, 1.54) is 16.0 Å². The Labute approximate surface area is 154 Å². The maximum Gasteiger partial charge on any atom is 0.416 e. The number of imide groups is 1. The summed E-state index contributed by atoms with van der Waals surface area (Å²) in [4.78, 5) is 28.7. The number of aryl methyl sites for hydroxylation is 1. The van der Waals surface area contributed by atoms with Gasteiger partial charge in [0.1, 0.15) is 6.61 Å². The van der Waals surface area contributed by atoms with Crippen LogP contribution in [0.15, 0.2) is 24.3 Å². The molecule has 140 valence electrons. The normalized spacial score (nSPS) is 27.7. The molecule has 0 N–H and O–H groups in total. The molecule has 0 aliphatic carbocycles. The molecule has 0 spiro atoms. The standard InChI is InChI=1S/C20H26N2O4/c1-14-2-4-15(5-3-14)17-12-21(16-6-9-25-10-7-16)13-18(17)19(23)22-8-11-26-20(22)24/h2-5,16-18H,6-13H2,1H3. The van der Waals surface area contributed by atoms with Gasteiger partial charge >= 0.3 is 6.09 Å². The molecular formula is C20H26N2O4. The van der Waals surface area contributed by atoms with E-state index in [4.69, 9.17) is 9.47 Å². The van der Waals surface area contributed by atoms with Crippen LogP contribution in [0.1, 0.15) is 29.9 Å². The molecule has 2 unspecified atom stereocenters. The van der Waals surface area contributed by atoms with Crippen LogP contribution in [0.25, 0.3) is 0 Å². The smallest absolute Gasteiger partial charge is 0.416 e. The topological polar surface area (TPSA) is 59.1 Å². The van der Waals surface area contributed by atoms with Crippen LogP contribution in [0.3, 0.4) is 0 Å². The molecule has 3 saturated heterocycles. The van der Waals surface area contributed by atoms with Crippen LogP contribution >= 0.6 is 0 Å². The zero-order valence-corrected chi connectivity index (χ0v) is 15.2. The highest BCUT2D eigenvalue weighted by atomic mass is 16.6. The van der Waals surface area contributed by atoms with Crippen LogP contribution in [0.2, 0.25) is 0 Å². The summed E-state index contributed by atoms with van der Waals surface area (Å²) in [5.41, 5.74) is 2.38. The third-order valence-corrected chi connectivity index (χ3v) is 5.90. The molecule has 1 aromatic carbocycles. The number of hydrogen-bond donors (Lipinski definition) is 0. The number of ether oxygens (including phenoxy) is 2. The molecule has 2 atom stereocenters. The molecule has 0 saturated carbocycles. The fourth-order valence-electron chi connectivity index (χ4n) is 4.38. The molecule has 3 aliphatic heterocycles. The van der Waals surface area contributed by atoms with Gasteiger partial charge in [-0.15, -0.1) is 0 Å². The Hall–Kier alpha value is -1.92. The molecule has 0 radical (unpaired) electrons. The van der Waals surface area contributed by atoms with Crippen molar-refractivity contribution in [2.24, 2.45) is 5.92 Å². The molecular weight excluding hydrogens is 332 g/mol. The maximum atomic E-state index is 13.1. The zero-order chi connectivity index (χ0) is 18.1. The maximum absolute atomic E-state index is 13.1. The first-order chi connectivity index (χ1) is 12.6. The first-order valence-corrected chi connectivity index (χ1v) is 9.50. The van der Waals surface area contributed by atoms with Gasteiger partial charge in [-0.3, -0.25) is 9.69 Å². The number of amides is 2. The lowest BCUT2D eigenvalue weighted by Gasteiger charge is -2.31. The third-order valence-electron chi connectivity index (χ3n) is 5.90. The summed E-state index contributed by atoms with van der Waals surface area (Å²) in [6, 6.07) is 8.89. The highest BCUT2D eigenvalue weighted by Gasteiger charge is 2.44. The van der Waals surface area contributed by atoms with Gasteiger partial charge in [0.15, 0.2) is 0 Å². The molecule has 1 aromatic rings. The molecule has 4 rings (SSSR count). The van der Waals surface area contributed by atoms with Crippen LogP contribution in [0.5, 0.6) is 0 Å². The minimum atomic E-state index is -0.498. The number of rotatable bonds is 3. The van der Waals surface area contributed by atoms with Gasteiger partial charge in [-0.05, 0) is 25.3 Å². The summed E-state index contributed by atoms with van der Waals surface area (Å²) in [5.74, 6) is -0.182. The van der Waals surface area contributed by atoms with Gasteiger partial charge in [-0.2, -0.15) is 0 Å². The Bertz CT molecular complexity index is 669. The average Bonchev–Trinajstić information content (AvgIpc) is 3.29. The van der Waals surface area contributed by atoms with Crippen molar-refractivity contribution in [3.63, 3.8) is 0 Å². The Kier molecular flexibility index (Phi) is 4.96. The van der Waals surface area contributed by atoms with Crippen LogP contribution in [-0.4, -0.2) is 67.3 Å². The van der Waals surface area contributed by atoms with Crippen molar-refractivity contribution in [2.45, 2.75) is 31.7 Å². The zero-order valence-electron chi connectivity index (χ0n) is 15.2. The molecule has 6 heteroatoms. The second-order valence-corrected chi connectivity index (χ2v) is 7.53. The van der Waals surface area contributed by atoms with Gasteiger partial charge in [0.2, 0.25) is 5.91 Å². The predicted octanol–water partition coefficient (Wildman–Crippen LogP) is 2.17. The Morgan fingerprint density at radius 3 is 2.46 bits per heavy atom. The van der Waals surface area contributed by atoms with E-state index in [0.717, 1.165) is 32.6 Å².